The van der Waals surface area contributed by atoms with Gasteiger partial charge in [0.2, 0.25) is 5.65 Å². The fourth-order valence-corrected chi connectivity index (χ4v) is 6.27. The van der Waals surface area contributed by atoms with E-state index in [4.69, 9.17) is 4.74 Å². The number of H-pyrrole nitrogens is 1. The molecule has 2 aliphatic rings. The number of benzene rings is 2. The summed E-state index contributed by atoms with van der Waals surface area (Å²) in [6, 6.07) is 9.74. The van der Waals surface area contributed by atoms with Crippen LogP contribution in [0, 0.1) is 11.6 Å². The second-order valence-electron chi connectivity index (χ2n) is 10.9. The Labute approximate surface area is 246 Å². The molecule has 2 aliphatic heterocycles. The molecule has 0 bridgehead atoms. The molecule has 2 aromatic heterocycles. The van der Waals surface area contributed by atoms with Gasteiger partial charge in [0.25, 0.3) is 5.91 Å². The largest absolute Gasteiger partial charge is 0.381 e. The molecule has 4 heterocycles. The first kappa shape index (κ1) is 28.5. The van der Waals surface area contributed by atoms with Crippen LogP contribution in [0.2, 0.25) is 0 Å². The molecule has 0 radical (unpaired) electrons. The van der Waals surface area contributed by atoms with Crippen LogP contribution in [0.15, 0.2) is 47.6 Å². The van der Waals surface area contributed by atoms with Crippen molar-refractivity contribution in [2.24, 2.45) is 0 Å². The molecule has 4 aromatic rings. The van der Waals surface area contributed by atoms with Gasteiger partial charge in [0.1, 0.15) is 16.7 Å². The van der Waals surface area contributed by atoms with Crippen LogP contribution < -0.4 is 10.6 Å². The van der Waals surface area contributed by atoms with Crippen molar-refractivity contribution >= 4 is 40.3 Å². The van der Waals surface area contributed by atoms with Gasteiger partial charge in [-0.05, 0) is 87.1 Å². The third kappa shape index (κ3) is 6.71. The lowest BCUT2D eigenvalue weighted by molar-refractivity contribution is 0.0904. The average molecular weight is 594 g/mol. The van der Waals surface area contributed by atoms with Crippen LogP contribution in [0.25, 0.3) is 11.2 Å². The maximum atomic E-state index is 13.7. The third-order valence-corrected chi connectivity index (χ3v) is 8.82. The average Bonchev–Trinajstić information content (AvgIpc) is 3.38. The van der Waals surface area contributed by atoms with Crippen molar-refractivity contribution in [3.63, 3.8) is 0 Å². The number of carbonyl (C=O) groups is 1. The van der Waals surface area contributed by atoms with Gasteiger partial charge >= 0.3 is 0 Å². The summed E-state index contributed by atoms with van der Waals surface area (Å²) in [5.74, 6) is -0.452. The Morgan fingerprint density at radius 2 is 1.86 bits per heavy atom. The Kier molecular flexibility index (Phi) is 8.63. The highest BCUT2D eigenvalue weighted by Gasteiger charge is 2.23. The smallest absolute Gasteiger partial charge is 0.258 e. The van der Waals surface area contributed by atoms with Crippen molar-refractivity contribution < 1.29 is 18.3 Å². The van der Waals surface area contributed by atoms with Crippen LogP contribution in [0.1, 0.15) is 53.1 Å². The van der Waals surface area contributed by atoms with Gasteiger partial charge in [-0.1, -0.05) is 6.07 Å². The Balaban J connectivity index is 1.22. The molecule has 2 aromatic carbocycles. The van der Waals surface area contributed by atoms with E-state index < -0.39 is 11.6 Å². The Bertz CT molecular complexity index is 1550. The number of anilines is 2. The molecule has 0 unspecified atom stereocenters. The van der Waals surface area contributed by atoms with E-state index in [1.165, 1.54) is 29.5 Å². The third-order valence-electron chi connectivity index (χ3n) is 7.85. The monoisotopic (exact) mass is 593 g/mol. The molecule has 1 amide bonds. The van der Waals surface area contributed by atoms with Crippen LogP contribution in [0.5, 0.6) is 0 Å². The summed E-state index contributed by atoms with van der Waals surface area (Å²) in [7, 11) is 2.15. The van der Waals surface area contributed by atoms with Gasteiger partial charge in [-0.3, -0.25) is 9.89 Å². The topological polar surface area (TPSA) is 108 Å². The number of hydrogen-bond donors (Lipinski definition) is 3. The van der Waals surface area contributed by atoms with Gasteiger partial charge in [0.15, 0.2) is 11.3 Å². The van der Waals surface area contributed by atoms with Crippen molar-refractivity contribution in [2.75, 3.05) is 44.0 Å². The van der Waals surface area contributed by atoms with E-state index in [2.05, 4.69) is 54.9 Å². The van der Waals surface area contributed by atoms with Gasteiger partial charge in [-0.2, -0.15) is 5.10 Å². The lowest BCUT2D eigenvalue weighted by Gasteiger charge is -2.30. The SMILES string of the molecule is CN1CCC(c2ccc(C(=O)Nc3[nH]nc4ncc(SCc5cc(F)cc(F)c5)nc34)c(NC3CCOCC3)c2)CC1. The van der Waals surface area contributed by atoms with Crippen molar-refractivity contribution in [2.45, 2.75) is 48.4 Å². The first-order valence-electron chi connectivity index (χ1n) is 14.2. The van der Waals surface area contributed by atoms with Gasteiger partial charge in [-0.25, -0.2) is 18.7 Å². The van der Waals surface area contributed by atoms with Crippen molar-refractivity contribution in [1.82, 2.24) is 25.1 Å². The molecule has 0 saturated carbocycles. The lowest BCUT2D eigenvalue weighted by Crippen LogP contribution is -2.30. The maximum absolute atomic E-state index is 13.7. The van der Waals surface area contributed by atoms with E-state index >= 15 is 0 Å². The Hall–Kier alpha value is -3.61. The number of halogens is 2. The number of thioether (sulfide) groups is 1. The number of nitrogens with zero attached hydrogens (tertiary/aromatic N) is 4. The summed E-state index contributed by atoms with van der Waals surface area (Å²) in [6.45, 7) is 3.51. The Morgan fingerprint density at radius 3 is 2.62 bits per heavy atom. The minimum Gasteiger partial charge on any atom is -0.381 e. The summed E-state index contributed by atoms with van der Waals surface area (Å²) in [4.78, 5) is 25.0. The highest BCUT2D eigenvalue weighted by molar-refractivity contribution is 7.98. The van der Waals surface area contributed by atoms with Gasteiger partial charge in [-0.15, -0.1) is 11.8 Å². The van der Waals surface area contributed by atoms with Crippen LogP contribution in [0.3, 0.4) is 0 Å². The van der Waals surface area contributed by atoms with Crippen LogP contribution >= 0.6 is 11.8 Å². The summed E-state index contributed by atoms with van der Waals surface area (Å²) in [5, 5.41) is 14.1. The quantitative estimate of drug-likeness (QED) is 0.228. The lowest BCUT2D eigenvalue weighted by atomic mass is 9.88. The predicted molar refractivity (Wildman–Crippen MR) is 159 cm³/mol. The second kappa shape index (κ2) is 12.7. The fraction of sp³-hybridized carbons (Fsp3) is 0.400. The molecule has 0 spiro atoms. The molecule has 0 aliphatic carbocycles. The summed E-state index contributed by atoms with van der Waals surface area (Å²) in [6.07, 6.45) is 5.48. The Morgan fingerprint density at radius 1 is 1.10 bits per heavy atom. The molecule has 2 fully saturated rings. The van der Waals surface area contributed by atoms with Crippen LogP contribution in [0.4, 0.5) is 20.3 Å². The number of fused-ring (bicyclic) bond motifs is 1. The molecule has 220 valence electrons. The molecule has 42 heavy (non-hydrogen) atoms. The number of aromatic amines is 1. The fourth-order valence-electron chi connectivity index (χ4n) is 5.50. The first-order valence-corrected chi connectivity index (χ1v) is 15.2. The molecule has 6 rings (SSSR count). The normalized spacial score (nSPS) is 17.0. The zero-order valence-electron chi connectivity index (χ0n) is 23.3. The highest BCUT2D eigenvalue weighted by Crippen LogP contribution is 2.32. The molecule has 2 saturated heterocycles. The zero-order chi connectivity index (χ0) is 29.1. The molecular weight excluding hydrogens is 560 g/mol. The molecule has 9 nitrogen and oxygen atoms in total. The van der Waals surface area contributed by atoms with E-state index in [9.17, 15) is 13.6 Å². The van der Waals surface area contributed by atoms with Crippen LogP contribution in [-0.4, -0.2) is 70.4 Å². The highest BCUT2D eigenvalue weighted by atomic mass is 32.2. The summed E-state index contributed by atoms with van der Waals surface area (Å²) >= 11 is 1.29. The maximum Gasteiger partial charge on any atom is 0.258 e. The molecule has 0 atom stereocenters. The number of nitrogens with one attached hydrogen (secondary N) is 3. The number of ether oxygens (including phenoxy) is 1. The zero-order valence-corrected chi connectivity index (χ0v) is 24.1. The van der Waals surface area contributed by atoms with Crippen LogP contribution in [-0.2, 0) is 10.5 Å². The first-order chi connectivity index (χ1) is 20.4. The van der Waals surface area contributed by atoms with Crippen molar-refractivity contribution in [3.8, 4) is 0 Å². The standard InChI is InChI=1S/C30H33F2N7O2S/c1-39-8-4-19(5-9-39)20-2-3-24(25(14-20)34-23-6-10-41-11-7-23)30(40)36-29-27-28(37-38-29)33-16-26(35-27)42-17-18-12-21(31)15-22(32)13-18/h2-3,12-16,19,23,34H,4-11,17H2,1H3,(H2,33,36,37,38,40). The number of likely N-dealkylation sites (tertiary alicyclic amines) is 1. The minimum absolute atomic E-state index is 0.225. The van der Waals surface area contributed by atoms with E-state index in [1.54, 1.807) is 6.20 Å². The van der Waals surface area contributed by atoms with Crippen molar-refractivity contribution in [3.05, 3.63) is 70.9 Å². The van der Waals surface area contributed by atoms with Gasteiger partial charge in [0, 0.05) is 36.8 Å². The van der Waals surface area contributed by atoms with E-state index in [0.29, 0.717) is 58.0 Å². The minimum atomic E-state index is -0.628. The number of carbonyl (C=O) groups excluding carboxylic acids is 1. The number of amides is 1. The molecule has 3 N–H and O–H groups in total. The number of rotatable bonds is 8. The van der Waals surface area contributed by atoms with E-state index in [0.717, 1.165) is 50.5 Å². The summed E-state index contributed by atoms with van der Waals surface area (Å²) < 4.78 is 32.7. The summed E-state index contributed by atoms with van der Waals surface area (Å²) in [5.41, 5.74) is 3.84. The van der Waals surface area contributed by atoms with Gasteiger partial charge < -0.3 is 20.3 Å². The van der Waals surface area contributed by atoms with E-state index in [1.807, 2.05) is 6.07 Å². The number of aromatic nitrogens is 4. The van der Waals surface area contributed by atoms with Gasteiger partial charge in [0.05, 0.1) is 11.8 Å². The number of piperidine rings is 1. The predicted octanol–water partition coefficient (Wildman–Crippen LogP) is 5.58. The molecule has 12 heteroatoms. The number of hydrogen-bond acceptors (Lipinski definition) is 8. The second-order valence-corrected chi connectivity index (χ2v) is 11.9. The molecular formula is C30H33F2N7O2S. The van der Waals surface area contributed by atoms with E-state index in [-0.39, 0.29) is 11.9 Å². The van der Waals surface area contributed by atoms with Crippen molar-refractivity contribution in [1.29, 1.82) is 0 Å².